The van der Waals surface area contributed by atoms with Crippen molar-refractivity contribution in [3.8, 4) is 27.4 Å². The molecule has 0 aliphatic carbocycles. The lowest BCUT2D eigenvalue weighted by molar-refractivity contribution is -0.136. The van der Waals surface area contributed by atoms with Crippen molar-refractivity contribution in [1.29, 1.82) is 0 Å². The molecular formula is C34H37ClN4O3S. The second kappa shape index (κ2) is 11.2. The molecule has 43 heavy (non-hydrogen) atoms. The normalized spacial score (nSPS) is 15.0. The number of imidazole rings is 1. The number of carboxylic acids is 1. The molecule has 1 saturated heterocycles. The number of ether oxygens (including phenoxy) is 1. The van der Waals surface area contributed by atoms with Gasteiger partial charge in [0.1, 0.15) is 22.2 Å². The van der Waals surface area contributed by atoms with Crippen molar-refractivity contribution in [3.63, 3.8) is 0 Å². The van der Waals surface area contributed by atoms with Crippen molar-refractivity contribution >= 4 is 50.2 Å². The van der Waals surface area contributed by atoms with Crippen LogP contribution < -0.4 is 4.74 Å². The fourth-order valence-corrected chi connectivity index (χ4v) is 7.49. The van der Waals surface area contributed by atoms with Crippen molar-refractivity contribution in [1.82, 2.24) is 19.4 Å². The minimum atomic E-state index is -0.885. The molecule has 3 aromatic carbocycles. The Labute approximate surface area is 261 Å². The molecule has 6 rings (SSSR count). The van der Waals surface area contributed by atoms with E-state index in [0.29, 0.717) is 16.8 Å². The van der Waals surface area contributed by atoms with Gasteiger partial charge in [0.2, 0.25) is 0 Å². The van der Waals surface area contributed by atoms with Crippen LogP contribution in [0.25, 0.3) is 42.9 Å². The number of aryl methyl sites for hydroxylation is 2. The van der Waals surface area contributed by atoms with Crippen LogP contribution in [0.5, 0.6) is 5.75 Å². The number of fused-ring (bicyclic) bond motifs is 2. The van der Waals surface area contributed by atoms with Crippen LogP contribution in [-0.4, -0.2) is 56.2 Å². The summed E-state index contributed by atoms with van der Waals surface area (Å²) in [5.41, 5.74) is 6.78. The van der Waals surface area contributed by atoms with Gasteiger partial charge in [-0.15, -0.1) is 11.3 Å². The van der Waals surface area contributed by atoms with E-state index in [1.165, 1.54) is 0 Å². The molecule has 2 aromatic heterocycles. The Hall–Kier alpha value is -3.46. The van der Waals surface area contributed by atoms with Crippen molar-refractivity contribution in [2.45, 2.75) is 65.5 Å². The fourth-order valence-electron chi connectivity index (χ4n) is 6.20. The highest BCUT2D eigenvalue weighted by Crippen LogP contribution is 2.45. The number of hydrogen-bond acceptors (Lipinski definition) is 6. The number of thiazole rings is 1. The minimum absolute atomic E-state index is 0.108. The SMILES string of the molecule is Cc1cc2nc(-c3ccc4nc(C)n(C5CCN(C)CC5)c4c3)sc2c(-c2ccc(Cl)cc2OC(C)(C)C)c1CC(=O)O. The molecule has 0 spiro atoms. The molecule has 0 unspecified atom stereocenters. The summed E-state index contributed by atoms with van der Waals surface area (Å²) < 4.78 is 9.71. The lowest BCUT2D eigenvalue weighted by atomic mass is 9.92. The van der Waals surface area contributed by atoms with Crippen LogP contribution in [0.1, 0.15) is 56.6 Å². The summed E-state index contributed by atoms with van der Waals surface area (Å²) >= 11 is 8.00. The topological polar surface area (TPSA) is 80.5 Å². The molecule has 3 heterocycles. The highest BCUT2D eigenvalue weighted by atomic mass is 35.5. The van der Waals surface area contributed by atoms with Gasteiger partial charge in [-0.05, 0) is 121 Å². The van der Waals surface area contributed by atoms with E-state index in [4.69, 9.17) is 26.3 Å². The third kappa shape index (κ3) is 5.88. The summed E-state index contributed by atoms with van der Waals surface area (Å²) in [5.74, 6) is 0.771. The second-order valence-corrected chi connectivity index (χ2v) is 14.0. The molecule has 0 bridgehead atoms. The Kier molecular flexibility index (Phi) is 7.73. The van der Waals surface area contributed by atoms with Crippen LogP contribution in [0.15, 0.2) is 42.5 Å². The van der Waals surface area contributed by atoms with Gasteiger partial charge in [-0.3, -0.25) is 4.79 Å². The third-order valence-electron chi connectivity index (χ3n) is 8.13. The Bertz CT molecular complexity index is 1860. The number of rotatable bonds is 6. The number of benzene rings is 3. The van der Waals surface area contributed by atoms with Crippen LogP contribution >= 0.6 is 22.9 Å². The molecule has 1 aliphatic rings. The highest BCUT2D eigenvalue weighted by Gasteiger charge is 2.25. The van der Waals surface area contributed by atoms with E-state index in [2.05, 4.69) is 41.6 Å². The molecule has 1 fully saturated rings. The summed E-state index contributed by atoms with van der Waals surface area (Å²) in [5, 5.41) is 11.3. The van der Waals surface area contributed by atoms with Gasteiger partial charge in [0.15, 0.2) is 0 Å². The fraction of sp³-hybridized carbons (Fsp3) is 0.382. The van der Waals surface area contributed by atoms with Crippen molar-refractivity contribution in [2.24, 2.45) is 0 Å². The number of halogens is 1. The maximum Gasteiger partial charge on any atom is 0.307 e. The molecule has 224 valence electrons. The van der Waals surface area contributed by atoms with Gasteiger partial charge in [0.05, 0.1) is 27.7 Å². The first kappa shape index (κ1) is 29.6. The number of likely N-dealkylation sites (tertiary alicyclic amines) is 1. The molecule has 7 nitrogen and oxygen atoms in total. The van der Waals surface area contributed by atoms with E-state index in [1.807, 2.05) is 52.0 Å². The zero-order valence-electron chi connectivity index (χ0n) is 25.5. The summed E-state index contributed by atoms with van der Waals surface area (Å²) in [6.07, 6.45) is 2.09. The zero-order valence-corrected chi connectivity index (χ0v) is 27.1. The van der Waals surface area contributed by atoms with Crippen LogP contribution in [0.4, 0.5) is 0 Å². The van der Waals surface area contributed by atoms with Gasteiger partial charge < -0.3 is 19.3 Å². The highest BCUT2D eigenvalue weighted by molar-refractivity contribution is 7.22. The lowest BCUT2D eigenvalue weighted by Crippen LogP contribution is -2.31. The molecule has 0 radical (unpaired) electrons. The third-order valence-corrected chi connectivity index (χ3v) is 9.51. The quantitative estimate of drug-likeness (QED) is 0.207. The van der Waals surface area contributed by atoms with Crippen molar-refractivity contribution < 1.29 is 14.6 Å². The Morgan fingerprint density at radius 2 is 1.81 bits per heavy atom. The summed E-state index contributed by atoms with van der Waals surface area (Å²) in [6.45, 7) is 12.2. The standard InChI is InChI=1S/C34H37ClN4O3S/c1-19-15-27-32(31(25(19)18-30(40)41)24-9-8-22(35)17-29(24)42-34(3,4)5)43-33(37-27)21-7-10-26-28(16-21)39(20(2)36-26)23-11-13-38(6)14-12-23/h7-10,15-17,23H,11-14,18H2,1-6H3,(H,40,41). The van der Waals surface area contributed by atoms with E-state index in [9.17, 15) is 9.90 Å². The summed E-state index contributed by atoms with van der Waals surface area (Å²) in [4.78, 5) is 24.4. The van der Waals surface area contributed by atoms with Crippen molar-refractivity contribution in [2.75, 3.05) is 20.1 Å². The Morgan fingerprint density at radius 1 is 1.07 bits per heavy atom. The number of carbonyl (C=O) groups is 1. The largest absolute Gasteiger partial charge is 0.487 e. The van der Waals surface area contributed by atoms with E-state index < -0.39 is 11.6 Å². The van der Waals surface area contributed by atoms with Crippen molar-refractivity contribution in [3.05, 3.63) is 64.4 Å². The number of hydrogen-bond donors (Lipinski definition) is 1. The average Bonchev–Trinajstić information content (AvgIpc) is 3.48. The molecule has 0 atom stereocenters. The first-order valence-corrected chi connectivity index (χ1v) is 15.9. The second-order valence-electron chi connectivity index (χ2n) is 12.6. The van der Waals surface area contributed by atoms with Crippen LogP contribution in [-0.2, 0) is 11.2 Å². The van der Waals surface area contributed by atoms with Crippen LogP contribution in [0.2, 0.25) is 5.02 Å². The van der Waals surface area contributed by atoms with Crippen LogP contribution in [0, 0.1) is 13.8 Å². The Morgan fingerprint density at radius 3 is 2.51 bits per heavy atom. The molecule has 9 heteroatoms. The van der Waals surface area contributed by atoms with Gasteiger partial charge in [-0.25, -0.2) is 9.97 Å². The molecule has 0 amide bonds. The van der Waals surface area contributed by atoms with E-state index in [-0.39, 0.29) is 6.42 Å². The van der Waals surface area contributed by atoms with Gasteiger partial charge in [-0.1, -0.05) is 11.6 Å². The molecule has 5 aromatic rings. The van der Waals surface area contributed by atoms with Gasteiger partial charge in [0, 0.05) is 27.8 Å². The Balaban J connectivity index is 1.54. The van der Waals surface area contributed by atoms with E-state index in [1.54, 1.807) is 11.3 Å². The molecule has 0 saturated carbocycles. The molecule has 1 N–H and O–H groups in total. The maximum absolute atomic E-state index is 12.1. The number of carboxylic acid groups (broad SMARTS) is 1. The average molecular weight is 617 g/mol. The minimum Gasteiger partial charge on any atom is -0.487 e. The number of aromatic nitrogens is 3. The van der Waals surface area contributed by atoms with Crippen LogP contribution in [0.3, 0.4) is 0 Å². The first-order valence-electron chi connectivity index (χ1n) is 14.7. The predicted molar refractivity (Wildman–Crippen MR) is 176 cm³/mol. The maximum atomic E-state index is 12.1. The van der Waals surface area contributed by atoms with Gasteiger partial charge >= 0.3 is 5.97 Å². The predicted octanol–water partition coefficient (Wildman–Crippen LogP) is 8.32. The van der Waals surface area contributed by atoms with E-state index >= 15 is 0 Å². The smallest absolute Gasteiger partial charge is 0.307 e. The van der Waals surface area contributed by atoms with Gasteiger partial charge in [-0.2, -0.15) is 0 Å². The van der Waals surface area contributed by atoms with E-state index in [0.717, 1.165) is 85.8 Å². The molecule has 1 aliphatic heterocycles. The summed E-state index contributed by atoms with van der Waals surface area (Å²) in [6, 6.07) is 14.4. The number of piperidine rings is 1. The molecular weight excluding hydrogens is 580 g/mol. The monoisotopic (exact) mass is 616 g/mol. The number of nitrogens with zero attached hydrogens (tertiary/aromatic N) is 4. The number of aliphatic carboxylic acids is 1. The zero-order chi connectivity index (χ0) is 30.6. The summed E-state index contributed by atoms with van der Waals surface area (Å²) in [7, 11) is 2.18. The van der Waals surface area contributed by atoms with Gasteiger partial charge in [0.25, 0.3) is 0 Å². The lowest BCUT2D eigenvalue weighted by Gasteiger charge is -2.30. The first-order chi connectivity index (χ1) is 20.4.